The van der Waals surface area contributed by atoms with Crippen molar-refractivity contribution in [3.63, 3.8) is 0 Å². The van der Waals surface area contributed by atoms with E-state index in [9.17, 15) is 9.59 Å². The zero-order valence-electron chi connectivity index (χ0n) is 6.87. The summed E-state index contributed by atoms with van der Waals surface area (Å²) in [6, 6.07) is 4.88. The van der Waals surface area contributed by atoms with Crippen molar-refractivity contribution in [2.75, 3.05) is 0 Å². The average Bonchev–Trinajstić information content (AvgIpc) is 2.12. The molecule has 0 fully saturated rings. The summed E-state index contributed by atoms with van der Waals surface area (Å²) in [7, 11) is 0. The molecular weight excluding hydrogens is 172 g/mol. The minimum Gasteiger partial charge on any atom is -0.241 e. The lowest BCUT2D eigenvalue weighted by Gasteiger charge is -1.93. The Hall–Kier alpha value is -1.84. The highest BCUT2D eigenvalue weighted by Crippen LogP contribution is 2.07. The van der Waals surface area contributed by atoms with Crippen LogP contribution in [0.25, 0.3) is 10.8 Å². The van der Waals surface area contributed by atoms with Gasteiger partial charge in [-0.3, -0.25) is 0 Å². The fourth-order valence-electron chi connectivity index (χ4n) is 1.17. The molecule has 0 unspecified atom stereocenters. The molecule has 13 heavy (non-hydrogen) atoms. The minimum atomic E-state index is -0.630. The second kappa shape index (κ2) is 2.58. The van der Waals surface area contributed by atoms with Crippen LogP contribution in [0.2, 0.25) is 0 Å². The Kier molecular flexibility index (Phi) is 1.55. The van der Waals surface area contributed by atoms with Gasteiger partial charge in [0, 0.05) is 0 Å². The van der Waals surface area contributed by atoms with E-state index in [1.807, 2.05) is 6.92 Å². The zero-order valence-corrected chi connectivity index (χ0v) is 6.87. The lowest BCUT2D eigenvalue weighted by molar-refractivity contribution is 0.0217. The maximum Gasteiger partial charge on any atom is 0.387 e. The maximum absolute atomic E-state index is 11.1. The molecule has 0 bridgehead atoms. The van der Waals surface area contributed by atoms with Gasteiger partial charge in [0.1, 0.15) is 0 Å². The first kappa shape index (κ1) is 7.79. The maximum atomic E-state index is 11.1. The average molecular weight is 178 g/mol. The molecule has 0 saturated heterocycles. The quantitative estimate of drug-likeness (QED) is 0.566. The van der Waals surface area contributed by atoms with Crippen molar-refractivity contribution in [1.82, 2.24) is 0 Å². The van der Waals surface area contributed by atoms with E-state index < -0.39 is 11.3 Å². The molecule has 0 spiro atoms. The molecule has 0 saturated carbocycles. The predicted molar refractivity (Wildman–Crippen MR) is 45.8 cm³/mol. The zero-order chi connectivity index (χ0) is 9.42. The monoisotopic (exact) mass is 178 g/mol. The lowest BCUT2D eigenvalue weighted by Crippen LogP contribution is -2.08. The lowest BCUT2D eigenvalue weighted by atomic mass is 10.1. The molecule has 66 valence electrons. The molecule has 0 amide bonds. The molecule has 1 aromatic heterocycles. The number of hydrogen-bond donors (Lipinski definition) is 0. The molecule has 0 aliphatic heterocycles. The van der Waals surface area contributed by atoms with E-state index in [4.69, 9.17) is 0 Å². The second-order valence-electron chi connectivity index (χ2n) is 2.79. The van der Waals surface area contributed by atoms with Crippen LogP contribution >= 0.6 is 0 Å². The van der Waals surface area contributed by atoms with Gasteiger partial charge in [0.2, 0.25) is 0 Å². The number of rotatable bonds is 0. The normalized spacial score (nSPS) is 10.5. The van der Waals surface area contributed by atoms with E-state index in [0.717, 1.165) is 5.56 Å². The highest BCUT2D eigenvalue weighted by molar-refractivity contribution is 5.80. The van der Waals surface area contributed by atoms with Crippen molar-refractivity contribution in [1.29, 1.82) is 0 Å². The summed E-state index contributed by atoms with van der Waals surface area (Å²) >= 11 is 0. The van der Waals surface area contributed by atoms with Crippen molar-refractivity contribution in [3.05, 3.63) is 44.6 Å². The highest BCUT2D eigenvalue weighted by Gasteiger charge is 2.05. The smallest absolute Gasteiger partial charge is 0.241 e. The first-order chi connectivity index (χ1) is 6.18. The van der Waals surface area contributed by atoms with Gasteiger partial charge in [0.25, 0.3) is 0 Å². The first-order valence-corrected chi connectivity index (χ1v) is 3.72. The third-order valence-corrected chi connectivity index (χ3v) is 1.81. The molecule has 4 nitrogen and oxygen atoms in total. The van der Waals surface area contributed by atoms with Crippen LogP contribution < -0.4 is 11.3 Å². The van der Waals surface area contributed by atoms with Crippen LogP contribution in [0.3, 0.4) is 0 Å². The van der Waals surface area contributed by atoms with Gasteiger partial charge in [-0.25, -0.2) is 18.7 Å². The summed E-state index contributed by atoms with van der Waals surface area (Å²) in [4.78, 5) is 22.1. The molecule has 2 aromatic rings. The molecule has 1 heterocycles. The van der Waals surface area contributed by atoms with E-state index in [0.29, 0.717) is 0 Å². The Morgan fingerprint density at radius 1 is 1.00 bits per heavy atom. The molecule has 0 radical (unpaired) electrons. The van der Waals surface area contributed by atoms with Gasteiger partial charge < -0.3 is 0 Å². The molecule has 0 aliphatic carbocycles. The van der Waals surface area contributed by atoms with Crippen LogP contribution in [-0.4, -0.2) is 0 Å². The molecule has 1 aromatic carbocycles. The molecule has 0 N–H and O–H groups in total. The van der Waals surface area contributed by atoms with Crippen molar-refractivity contribution in [3.8, 4) is 0 Å². The standard InChI is InChI=1S/C9H6O4/c1-5-2-3-6-7(4-5)9(11)13-12-8(6)10/h2-4H,1H3. The molecule has 0 aliphatic rings. The van der Waals surface area contributed by atoms with Crippen molar-refractivity contribution in [2.45, 2.75) is 6.92 Å². The predicted octanol–water partition coefficient (Wildman–Crippen LogP) is 1.05. The number of benzene rings is 1. The highest BCUT2D eigenvalue weighted by atomic mass is 17.0. The van der Waals surface area contributed by atoms with Gasteiger partial charge in [0.15, 0.2) is 0 Å². The van der Waals surface area contributed by atoms with Gasteiger partial charge >= 0.3 is 11.3 Å². The van der Waals surface area contributed by atoms with E-state index in [1.165, 1.54) is 0 Å². The van der Waals surface area contributed by atoms with E-state index >= 15 is 0 Å². The van der Waals surface area contributed by atoms with Gasteiger partial charge in [-0.1, -0.05) is 11.6 Å². The third-order valence-electron chi connectivity index (χ3n) is 1.81. The summed E-state index contributed by atoms with van der Waals surface area (Å²) in [5.41, 5.74) is -0.363. The summed E-state index contributed by atoms with van der Waals surface area (Å²) in [5, 5.41) is 0.512. The fraction of sp³-hybridized carbons (Fsp3) is 0.111. The first-order valence-electron chi connectivity index (χ1n) is 3.72. The summed E-state index contributed by atoms with van der Waals surface area (Å²) < 4.78 is 8.35. The Morgan fingerprint density at radius 2 is 1.62 bits per heavy atom. The number of aryl methyl sites for hydroxylation is 1. The van der Waals surface area contributed by atoms with Crippen LogP contribution in [0.5, 0.6) is 0 Å². The molecule has 4 heteroatoms. The fourth-order valence-corrected chi connectivity index (χ4v) is 1.17. The summed E-state index contributed by atoms with van der Waals surface area (Å²) in [6.45, 7) is 1.83. The van der Waals surface area contributed by atoms with Gasteiger partial charge in [-0.2, -0.15) is 0 Å². The van der Waals surface area contributed by atoms with Crippen LogP contribution in [0, 0.1) is 6.92 Å². The van der Waals surface area contributed by atoms with Gasteiger partial charge in [-0.05, 0) is 19.1 Å². The van der Waals surface area contributed by atoms with Gasteiger partial charge in [0.05, 0.1) is 10.8 Å². The van der Waals surface area contributed by atoms with Crippen LogP contribution in [0.1, 0.15) is 5.56 Å². The van der Waals surface area contributed by atoms with Crippen LogP contribution in [0.4, 0.5) is 0 Å². The van der Waals surface area contributed by atoms with Crippen molar-refractivity contribution >= 4 is 10.8 Å². The van der Waals surface area contributed by atoms with Crippen molar-refractivity contribution in [2.24, 2.45) is 0 Å². The van der Waals surface area contributed by atoms with Gasteiger partial charge in [-0.15, -0.1) is 0 Å². The number of fused-ring (bicyclic) bond motifs is 1. The Bertz CT molecular complexity index is 562. The summed E-state index contributed by atoms with van der Waals surface area (Å²) in [5.74, 6) is 0. The molecular formula is C9H6O4. The SMILES string of the molecule is Cc1ccc2c(=O)ooc(=O)c2c1. The third kappa shape index (κ3) is 1.16. The van der Waals surface area contributed by atoms with Crippen LogP contribution in [-0.2, 0) is 0 Å². The summed E-state index contributed by atoms with van der Waals surface area (Å²) in [6.07, 6.45) is 0. The van der Waals surface area contributed by atoms with E-state index in [-0.39, 0.29) is 10.8 Å². The topological polar surface area (TPSA) is 60.4 Å². The Labute approximate surface area is 72.3 Å². The number of hydrogen-bond acceptors (Lipinski definition) is 4. The largest absolute Gasteiger partial charge is 0.387 e. The van der Waals surface area contributed by atoms with Crippen molar-refractivity contribution < 1.29 is 9.15 Å². The van der Waals surface area contributed by atoms with Crippen LogP contribution in [0.15, 0.2) is 36.9 Å². The Morgan fingerprint density at radius 3 is 2.31 bits per heavy atom. The second-order valence-corrected chi connectivity index (χ2v) is 2.79. The Balaban J connectivity index is 3.10. The molecule has 0 atom stereocenters. The van der Waals surface area contributed by atoms with E-state index in [2.05, 4.69) is 9.15 Å². The van der Waals surface area contributed by atoms with E-state index in [1.54, 1.807) is 18.2 Å². The molecule has 2 rings (SSSR count). The minimum absolute atomic E-state index is 0.252.